The molecule has 4 fully saturated rings. The zero-order chi connectivity index (χ0) is 45.2. The Bertz CT molecular complexity index is 1650. The van der Waals surface area contributed by atoms with Crippen LogP contribution in [0.3, 0.4) is 0 Å². The van der Waals surface area contributed by atoms with E-state index in [4.69, 9.17) is 37.9 Å². The Morgan fingerprint density at radius 1 is 0.629 bits per heavy atom. The fraction of sp³-hybridized carbons (Fsp3) is 0.762. The second-order valence-electron chi connectivity index (χ2n) is 17.4. The third-order valence-electron chi connectivity index (χ3n) is 13.0. The summed E-state index contributed by atoms with van der Waals surface area (Å²) < 4.78 is 45.3. The third-order valence-corrected chi connectivity index (χ3v) is 13.0. The molecule has 4 aliphatic heterocycles. The first-order valence-corrected chi connectivity index (χ1v) is 21.2. The van der Waals surface area contributed by atoms with Crippen LogP contribution >= 0.6 is 0 Å². The van der Waals surface area contributed by atoms with Gasteiger partial charge in [0.05, 0.1) is 74.1 Å². The molecule has 0 radical (unpaired) electrons. The monoisotopic (exact) mass is 886 g/mol. The summed E-state index contributed by atoms with van der Waals surface area (Å²) in [7, 11) is 0. The van der Waals surface area contributed by atoms with Gasteiger partial charge in [-0.05, 0) is 48.7 Å². The molecule has 0 amide bonds. The molecule has 20 nitrogen and oxygen atoms in total. The maximum Gasteiger partial charge on any atom is 0.337 e. The molecule has 0 spiro atoms. The topological polar surface area (TPSA) is 310 Å². The summed E-state index contributed by atoms with van der Waals surface area (Å²) in [6.07, 6.45) is -14.0. The van der Waals surface area contributed by atoms with Crippen molar-refractivity contribution in [3.8, 4) is 0 Å². The lowest BCUT2D eigenvalue weighted by molar-refractivity contribution is -0.339. The summed E-state index contributed by atoms with van der Waals surface area (Å²) in [5.74, 6) is -3.75. The van der Waals surface area contributed by atoms with Crippen LogP contribution in [0.15, 0.2) is 48.0 Å². The molecule has 62 heavy (non-hydrogen) atoms. The summed E-state index contributed by atoms with van der Waals surface area (Å²) in [6.45, 7) is 10.8. The van der Waals surface area contributed by atoms with Gasteiger partial charge in [0.25, 0.3) is 0 Å². The summed E-state index contributed by atoms with van der Waals surface area (Å²) in [6, 6.07) is 0. The van der Waals surface area contributed by atoms with Crippen molar-refractivity contribution in [1.82, 2.24) is 0 Å². The number of carbonyl (C=O) groups is 2. The van der Waals surface area contributed by atoms with Crippen molar-refractivity contribution in [2.75, 3.05) is 26.4 Å². The maximum absolute atomic E-state index is 13.3. The molecule has 0 unspecified atom stereocenters. The number of hydrogen-bond acceptors (Lipinski definition) is 20. The average Bonchev–Trinajstić information content (AvgIpc) is 3.72. The summed E-state index contributed by atoms with van der Waals surface area (Å²) >= 11 is 0. The number of aliphatic hydroxyl groups is 10. The highest BCUT2D eigenvalue weighted by Crippen LogP contribution is 2.48. The molecule has 20 heteroatoms. The molecule has 350 valence electrons. The van der Waals surface area contributed by atoms with Crippen molar-refractivity contribution >= 4 is 11.9 Å². The fourth-order valence-electron chi connectivity index (χ4n) is 9.07. The summed E-state index contributed by atoms with van der Waals surface area (Å²) in [5.41, 5.74) is 1.03. The first-order chi connectivity index (χ1) is 29.5. The lowest BCUT2D eigenvalue weighted by atomic mass is 9.85. The Kier molecular flexibility index (Phi) is 16.3. The normalized spacial score (nSPS) is 41.5. The van der Waals surface area contributed by atoms with Gasteiger partial charge in [0.15, 0.2) is 12.6 Å². The van der Waals surface area contributed by atoms with Crippen LogP contribution < -0.4 is 0 Å². The van der Waals surface area contributed by atoms with Gasteiger partial charge in [-0.2, -0.15) is 0 Å². The molecule has 6 rings (SSSR count). The second kappa shape index (κ2) is 20.8. The van der Waals surface area contributed by atoms with Gasteiger partial charge in [0.1, 0.15) is 48.8 Å². The lowest BCUT2D eigenvalue weighted by Gasteiger charge is -2.42. The van der Waals surface area contributed by atoms with Crippen molar-refractivity contribution in [2.45, 2.75) is 139 Å². The molecule has 2 saturated carbocycles. The number of esters is 2. The zero-order valence-corrected chi connectivity index (χ0v) is 34.7. The number of carbonyl (C=O) groups excluding carboxylic acids is 2. The number of hydrogen-bond donors (Lipinski definition) is 10. The van der Waals surface area contributed by atoms with Gasteiger partial charge in [0, 0.05) is 11.8 Å². The van der Waals surface area contributed by atoms with E-state index in [0.717, 1.165) is 19.3 Å². The standard InChI is InChI=1S/C42H62O20/c1-17(8-9-55-37(53)23-15-57-39(29-19(3)25(45)10-21(23)29)61-41-35(51)33(49)31(47)27(12-43)59-41)6-5-7-18(2)14-56-38(54)24-16-58-40(30-20(4)26(46)11-22(24)30)62-42-36(52)34(50)32(48)28(13-44)60-42/h15-18,21-22,25-36,39-52H,3-14H2,1-2H3/t17-,18+,21-,22-,25-,26-,27+,28+,29-,30-,31+,32+,33-,34-,35+,36+,39+,40+,41-,42-/m1/s1. The third kappa shape index (κ3) is 10.2. The predicted molar refractivity (Wildman–Crippen MR) is 208 cm³/mol. The van der Waals surface area contributed by atoms with Crippen molar-refractivity contribution in [3.63, 3.8) is 0 Å². The van der Waals surface area contributed by atoms with E-state index in [1.807, 2.05) is 13.8 Å². The van der Waals surface area contributed by atoms with Crippen molar-refractivity contribution in [2.24, 2.45) is 35.5 Å². The van der Waals surface area contributed by atoms with Gasteiger partial charge < -0.3 is 89.0 Å². The van der Waals surface area contributed by atoms with Crippen LogP contribution in [-0.4, -0.2) is 176 Å². The molecular weight excluding hydrogens is 824 g/mol. The predicted octanol–water partition coefficient (Wildman–Crippen LogP) is -1.87. The molecule has 0 aromatic carbocycles. The van der Waals surface area contributed by atoms with E-state index in [-0.39, 0.29) is 49.0 Å². The molecule has 0 aromatic rings. The Morgan fingerprint density at radius 2 is 1.06 bits per heavy atom. The molecule has 0 aromatic heterocycles. The van der Waals surface area contributed by atoms with Crippen LogP contribution in [0, 0.1) is 35.5 Å². The Balaban J connectivity index is 0.922. The molecule has 20 atom stereocenters. The lowest BCUT2D eigenvalue weighted by Crippen LogP contribution is -2.60. The first kappa shape index (κ1) is 48.4. The fourth-order valence-corrected chi connectivity index (χ4v) is 9.07. The number of ether oxygens (including phenoxy) is 8. The van der Waals surface area contributed by atoms with Gasteiger partial charge in [-0.3, -0.25) is 0 Å². The minimum absolute atomic E-state index is 0.00695. The van der Waals surface area contributed by atoms with E-state index in [0.29, 0.717) is 17.6 Å². The molecule has 10 N–H and O–H groups in total. The smallest absolute Gasteiger partial charge is 0.337 e. The van der Waals surface area contributed by atoms with Crippen LogP contribution in [0.5, 0.6) is 0 Å². The Morgan fingerprint density at radius 3 is 1.52 bits per heavy atom. The molecule has 4 heterocycles. The highest BCUT2D eigenvalue weighted by atomic mass is 16.8. The number of aliphatic hydroxyl groups excluding tert-OH is 10. The van der Waals surface area contributed by atoms with Gasteiger partial charge in [-0.1, -0.05) is 39.8 Å². The van der Waals surface area contributed by atoms with Gasteiger partial charge in [0.2, 0.25) is 12.6 Å². The van der Waals surface area contributed by atoms with Crippen LogP contribution in [-0.2, 0) is 47.5 Å². The summed E-state index contributed by atoms with van der Waals surface area (Å²) in [5, 5.41) is 102. The van der Waals surface area contributed by atoms with Gasteiger partial charge >= 0.3 is 11.9 Å². The highest BCUT2D eigenvalue weighted by molar-refractivity contribution is 5.89. The van der Waals surface area contributed by atoms with Crippen LogP contribution in [0.1, 0.15) is 52.4 Å². The molecule has 6 aliphatic rings. The molecule has 0 bridgehead atoms. The number of fused-ring (bicyclic) bond motifs is 2. The maximum atomic E-state index is 13.3. The second-order valence-corrected chi connectivity index (χ2v) is 17.4. The van der Waals surface area contributed by atoms with E-state index in [9.17, 15) is 60.7 Å². The van der Waals surface area contributed by atoms with E-state index < -0.39 is 135 Å². The Hall–Kier alpha value is -3.06. The van der Waals surface area contributed by atoms with E-state index >= 15 is 0 Å². The van der Waals surface area contributed by atoms with Crippen LogP contribution in [0.2, 0.25) is 0 Å². The number of rotatable bonds is 17. The van der Waals surface area contributed by atoms with E-state index in [1.165, 1.54) is 12.5 Å². The van der Waals surface area contributed by atoms with Crippen molar-refractivity contribution < 1.29 is 98.5 Å². The molecular formula is C42H62O20. The van der Waals surface area contributed by atoms with E-state index in [1.54, 1.807) is 0 Å². The van der Waals surface area contributed by atoms with E-state index in [2.05, 4.69) is 13.2 Å². The Labute approximate surface area is 358 Å². The van der Waals surface area contributed by atoms with Gasteiger partial charge in [-0.15, -0.1) is 0 Å². The minimum Gasteiger partial charge on any atom is -0.471 e. The molecule has 2 saturated heterocycles. The SMILES string of the molecule is C=C1[C@H]2[C@H](O[C@H]3O[C@@H](CO)[C@H](O)[C@@H](O)[C@@H]3O)OC=C(C(=O)OCC[C@H](C)CCC[C@H](C)COC(=O)C3=CO[C@@H](O[C@H]4O[C@@H](CO)[C@H](O)[C@@H](O)[C@@H]4O)[C@@H]4C(=C)[C@H](O)C[C@H]34)[C@H]2C[C@H]1O. The van der Waals surface area contributed by atoms with Gasteiger partial charge in [-0.25, -0.2) is 9.59 Å². The highest BCUT2D eigenvalue weighted by Gasteiger charge is 2.54. The molecule has 2 aliphatic carbocycles. The van der Waals surface area contributed by atoms with Crippen molar-refractivity contribution in [3.05, 3.63) is 48.0 Å². The van der Waals surface area contributed by atoms with Crippen LogP contribution in [0.25, 0.3) is 0 Å². The summed E-state index contributed by atoms with van der Waals surface area (Å²) in [4.78, 5) is 26.5. The quantitative estimate of drug-likeness (QED) is 0.0565. The average molecular weight is 887 g/mol. The minimum atomic E-state index is -1.68. The largest absolute Gasteiger partial charge is 0.471 e. The first-order valence-electron chi connectivity index (χ1n) is 21.2. The zero-order valence-electron chi connectivity index (χ0n) is 34.7. The van der Waals surface area contributed by atoms with Crippen molar-refractivity contribution in [1.29, 1.82) is 0 Å². The van der Waals surface area contributed by atoms with Crippen LogP contribution in [0.4, 0.5) is 0 Å².